The standard InChI is InChI=1S/C14H14BrF3O2/c15-7-3-4-8-19-13(14(16,17)18)12-9-10-5-1-2-6-11(10)20-12/h1-2,5-6,9,13H,3-4,7-8H2. The smallest absolute Gasteiger partial charge is 0.421 e. The van der Waals surface area contributed by atoms with Gasteiger partial charge in [0.2, 0.25) is 6.10 Å². The van der Waals surface area contributed by atoms with Crippen molar-refractivity contribution in [1.29, 1.82) is 0 Å². The lowest BCUT2D eigenvalue weighted by Gasteiger charge is -2.18. The molecule has 1 atom stereocenters. The number of benzene rings is 1. The third kappa shape index (κ3) is 3.76. The van der Waals surface area contributed by atoms with Crippen LogP contribution in [0.25, 0.3) is 11.0 Å². The van der Waals surface area contributed by atoms with Crippen molar-refractivity contribution in [2.45, 2.75) is 25.1 Å². The van der Waals surface area contributed by atoms with Gasteiger partial charge < -0.3 is 9.15 Å². The fraction of sp³-hybridized carbons (Fsp3) is 0.429. The normalized spacial score (nSPS) is 13.8. The lowest BCUT2D eigenvalue weighted by molar-refractivity contribution is -0.228. The number of rotatable bonds is 6. The summed E-state index contributed by atoms with van der Waals surface area (Å²) >= 11 is 3.23. The minimum atomic E-state index is -4.48. The lowest BCUT2D eigenvalue weighted by Crippen LogP contribution is -2.23. The highest BCUT2D eigenvalue weighted by Crippen LogP contribution is 2.38. The van der Waals surface area contributed by atoms with Gasteiger partial charge in [0.25, 0.3) is 0 Å². The largest absolute Gasteiger partial charge is 0.458 e. The molecule has 0 N–H and O–H groups in total. The number of alkyl halides is 4. The van der Waals surface area contributed by atoms with Gasteiger partial charge in [-0.05, 0) is 25.0 Å². The van der Waals surface area contributed by atoms with E-state index in [0.29, 0.717) is 17.4 Å². The Morgan fingerprint density at radius 2 is 1.95 bits per heavy atom. The van der Waals surface area contributed by atoms with E-state index in [2.05, 4.69) is 15.9 Å². The van der Waals surface area contributed by atoms with E-state index in [1.165, 1.54) is 6.07 Å². The summed E-state index contributed by atoms with van der Waals surface area (Å²) in [4.78, 5) is 0. The molecule has 0 aliphatic rings. The zero-order valence-corrected chi connectivity index (χ0v) is 12.2. The molecule has 1 heterocycles. The van der Waals surface area contributed by atoms with Crippen LogP contribution in [0, 0.1) is 0 Å². The average molecular weight is 351 g/mol. The molecule has 0 aliphatic carbocycles. The summed E-state index contributed by atoms with van der Waals surface area (Å²) < 4.78 is 49.4. The quantitative estimate of drug-likeness (QED) is 0.525. The molecular weight excluding hydrogens is 337 g/mol. The van der Waals surface area contributed by atoms with Crippen molar-refractivity contribution < 1.29 is 22.3 Å². The van der Waals surface area contributed by atoms with E-state index in [1.54, 1.807) is 24.3 Å². The highest BCUT2D eigenvalue weighted by atomic mass is 79.9. The second kappa shape index (κ2) is 6.63. The monoisotopic (exact) mass is 350 g/mol. The van der Waals surface area contributed by atoms with Gasteiger partial charge in [-0.25, -0.2) is 0 Å². The van der Waals surface area contributed by atoms with Gasteiger partial charge in [-0.3, -0.25) is 0 Å². The summed E-state index contributed by atoms with van der Waals surface area (Å²) in [6.45, 7) is 0.0484. The van der Waals surface area contributed by atoms with Crippen molar-refractivity contribution >= 4 is 26.9 Å². The van der Waals surface area contributed by atoms with Crippen LogP contribution < -0.4 is 0 Å². The number of unbranched alkanes of at least 4 members (excludes halogenated alkanes) is 1. The molecule has 1 aromatic carbocycles. The predicted octanol–water partition coefficient (Wildman–Crippen LogP) is 5.23. The lowest BCUT2D eigenvalue weighted by atomic mass is 10.2. The van der Waals surface area contributed by atoms with E-state index in [0.717, 1.165) is 11.8 Å². The molecule has 2 aromatic rings. The van der Waals surface area contributed by atoms with Gasteiger partial charge in [0, 0.05) is 17.3 Å². The predicted molar refractivity (Wildman–Crippen MR) is 74.0 cm³/mol. The molecule has 2 nitrogen and oxygen atoms in total. The fourth-order valence-corrected chi connectivity index (χ4v) is 2.26. The fourth-order valence-electron chi connectivity index (χ4n) is 1.87. The molecule has 1 unspecified atom stereocenters. The first-order chi connectivity index (χ1) is 9.52. The molecule has 0 fully saturated rings. The molecule has 2 rings (SSSR count). The summed E-state index contributed by atoms with van der Waals surface area (Å²) in [7, 11) is 0. The van der Waals surface area contributed by atoms with Crippen LogP contribution in [-0.2, 0) is 4.74 Å². The first-order valence-corrected chi connectivity index (χ1v) is 7.37. The molecule has 0 saturated heterocycles. The van der Waals surface area contributed by atoms with Crippen molar-refractivity contribution in [2.24, 2.45) is 0 Å². The molecule has 0 amide bonds. The topological polar surface area (TPSA) is 22.4 Å². The Morgan fingerprint density at radius 1 is 1.20 bits per heavy atom. The van der Waals surface area contributed by atoms with E-state index in [-0.39, 0.29) is 12.4 Å². The Kier molecular flexibility index (Phi) is 5.10. The summed E-state index contributed by atoms with van der Waals surface area (Å²) in [5.41, 5.74) is 0.431. The average Bonchev–Trinajstić information content (AvgIpc) is 2.80. The molecular formula is C14H14BrF3O2. The van der Waals surface area contributed by atoms with Crippen molar-refractivity contribution in [1.82, 2.24) is 0 Å². The highest BCUT2D eigenvalue weighted by Gasteiger charge is 2.44. The van der Waals surface area contributed by atoms with Crippen molar-refractivity contribution in [3.8, 4) is 0 Å². The molecule has 0 spiro atoms. The van der Waals surface area contributed by atoms with Gasteiger partial charge >= 0.3 is 6.18 Å². The van der Waals surface area contributed by atoms with Crippen molar-refractivity contribution in [3.05, 3.63) is 36.1 Å². The Hall–Kier alpha value is -1.01. The Balaban J connectivity index is 2.17. The maximum atomic E-state index is 13.0. The maximum absolute atomic E-state index is 13.0. The van der Waals surface area contributed by atoms with Crippen LogP contribution in [-0.4, -0.2) is 18.1 Å². The SMILES string of the molecule is FC(F)(F)C(OCCCCBr)c1cc2ccccc2o1. The molecule has 20 heavy (non-hydrogen) atoms. The highest BCUT2D eigenvalue weighted by molar-refractivity contribution is 9.09. The summed E-state index contributed by atoms with van der Waals surface area (Å²) in [5, 5.41) is 1.39. The second-order valence-corrected chi connectivity index (χ2v) is 5.17. The van der Waals surface area contributed by atoms with Crippen molar-refractivity contribution in [2.75, 3.05) is 11.9 Å². The van der Waals surface area contributed by atoms with E-state index < -0.39 is 12.3 Å². The Bertz CT molecular complexity index is 518. The maximum Gasteiger partial charge on any atom is 0.421 e. The van der Waals surface area contributed by atoms with Crippen molar-refractivity contribution in [3.63, 3.8) is 0 Å². The Morgan fingerprint density at radius 3 is 2.60 bits per heavy atom. The van der Waals surface area contributed by atoms with E-state index >= 15 is 0 Å². The number of fused-ring (bicyclic) bond motifs is 1. The van der Waals surface area contributed by atoms with Gasteiger partial charge in [-0.2, -0.15) is 13.2 Å². The van der Waals surface area contributed by atoms with Crippen LogP contribution in [0.15, 0.2) is 34.7 Å². The van der Waals surface area contributed by atoms with Crippen LogP contribution >= 0.6 is 15.9 Å². The second-order valence-electron chi connectivity index (χ2n) is 4.38. The molecule has 0 bridgehead atoms. The molecule has 0 radical (unpaired) electrons. The molecule has 6 heteroatoms. The van der Waals surface area contributed by atoms with Crippen LogP contribution in [0.2, 0.25) is 0 Å². The van der Waals surface area contributed by atoms with Crippen LogP contribution in [0.5, 0.6) is 0 Å². The number of ether oxygens (including phenoxy) is 1. The number of halogens is 4. The first kappa shape index (κ1) is 15.4. The van der Waals surface area contributed by atoms with E-state index in [4.69, 9.17) is 9.15 Å². The minimum Gasteiger partial charge on any atom is -0.458 e. The van der Waals surface area contributed by atoms with E-state index in [1.807, 2.05) is 0 Å². The molecule has 1 aromatic heterocycles. The van der Waals surface area contributed by atoms with E-state index in [9.17, 15) is 13.2 Å². The third-order valence-corrected chi connectivity index (χ3v) is 3.37. The molecule has 0 aliphatic heterocycles. The molecule has 0 saturated carbocycles. The summed E-state index contributed by atoms with van der Waals surface area (Å²) in [6.07, 6.45) is -5.16. The summed E-state index contributed by atoms with van der Waals surface area (Å²) in [5.74, 6) is -0.197. The minimum absolute atomic E-state index is 0.0484. The van der Waals surface area contributed by atoms with Gasteiger partial charge in [0.05, 0.1) is 0 Å². The number of hydrogen-bond donors (Lipinski definition) is 0. The number of para-hydroxylation sites is 1. The van der Waals surface area contributed by atoms with Gasteiger partial charge in [-0.1, -0.05) is 34.1 Å². The van der Waals surface area contributed by atoms with Crippen LogP contribution in [0.1, 0.15) is 24.7 Å². The van der Waals surface area contributed by atoms with Gasteiger partial charge in [0.15, 0.2) is 0 Å². The zero-order valence-electron chi connectivity index (χ0n) is 10.6. The Labute approximate surface area is 123 Å². The number of furan rings is 1. The third-order valence-electron chi connectivity index (χ3n) is 2.81. The van der Waals surface area contributed by atoms with Gasteiger partial charge in [0.1, 0.15) is 11.3 Å². The molecule has 110 valence electrons. The summed E-state index contributed by atoms with van der Waals surface area (Å²) in [6, 6.07) is 8.20. The number of hydrogen-bond acceptors (Lipinski definition) is 2. The van der Waals surface area contributed by atoms with Crippen LogP contribution in [0.4, 0.5) is 13.2 Å². The van der Waals surface area contributed by atoms with Crippen LogP contribution in [0.3, 0.4) is 0 Å². The zero-order chi connectivity index (χ0) is 14.6. The first-order valence-electron chi connectivity index (χ1n) is 6.25. The van der Waals surface area contributed by atoms with Gasteiger partial charge in [-0.15, -0.1) is 0 Å².